The molecular formula is C17H18N4O6S. The van der Waals surface area contributed by atoms with Gasteiger partial charge in [0.15, 0.2) is 17.3 Å². The van der Waals surface area contributed by atoms with E-state index in [-0.39, 0.29) is 17.2 Å². The predicted octanol–water partition coefficient (Wildman–Crippen LogP) is 1.50. The van der Waals surface area contributed by atoms with Crippen molar-refractivity contribution >= 4 is 27.6 Å². The Labute approximate surface area is 161 Å². The summed E-state index contributed by atoms with van der Waals surface area (Å²) in [6.45, 7) is 1.67. The molecule has 10 nitrogen and oxygen atoms in total. The van der Waals surface area contributed by atoms with Crippen LogP contribution < -0.4 is 14.8 Å². The average molecular weight is 406 g/mol. The van der Waals surface area contributed by atoms with Crippen LogP contribution in [-0.4, -0.2) is 50.8 Å². The molecule has 0 aliphatic carbocycles. The molecule has 0 bridgehead atoms. The Morgan fingerprint density at radius 2 is 1.89 bits per heavy atom. The molecule has 1 aliphatic rings. The number of carbonyl (C=O) groups excluding carboxylic acids is 1. The van der Waals surface area contributed by atoms with Crippen LogP contribution in [0.5, 0.6) is 11.5 Å². The molecule has 148 valence electrons. The number of hydrogen-bond acceptors (Lipinski definition) is 7. The van der Waals surface area contributed by atoms with Gasteiger partial charge < -0.3 is 19.3 Å². The number of allylic oxidation sites excluding steroid dienone is 1. The standard InChI is InChI=1S/C17H18N4O6S/c1-10-7-16(19-27-10)18-17(22)13-9-12(20-28(23,24)21(13)2)11-5-6-14(25-3)15(8-11)26-4/h5-9H,1-4H3,(H,18,19,22). The molecule has 11 heteroatoms. The van der Waals surface area contributed by atoms with Crippen LogP contribution in [0.25, 0.3) is 0 Å². The zero-order chi connectivity index (χ0) is 20.5. The fraction of sp³-hybridized carbons (Fsp3) is 0.235. The molecule has 0 atom stereocenters. The number of benzene rings is 1. The smallest absolute Gasteiger partial charge is 0.345 e. The minimum atomic E-state index is -4.10. The van der Waals surface area contributed by atoms with E-state index in [2.05, 4.69) is 14.9 Å². The number of methoxy groups -OCH3 is 2. The van der Waals surface area contributed by atoms with E-state index < -0.39 is 16.1 Å². The van der Waals surface area contributed by atoms with Crippen molar-refractivity contribution in [2.45, 2.75) is 6.92 Å². The number of nitrogens with one attached hydrogen (secondary N) is 1. The second-order valence-electron chi connectivity index (χ2n) is 5.80. The lowest BCUT2D eigenvalue weighted by atomic mass is 10.1. The molecule has 0 saturated heterocycles. The van der Waals surface area contributed by atoms with E-state index in [9.17, 15) is 13.2 Å². The van der Waals surface area contributed by atoms with Crippen molar-refractivity contribution in [2.24, 2.45) is 4.40 Å². The highest BCUT2D eigenvalue weighted by Gasteiger charge is 2.30. The van der Waals surface area contributed by atoms with Crippen molar-refractivity contribution in [3.05, 3.63) is 47.4 Å². The number of hydrogen-bond donors (Lipinski definition) is 1. The lowest BCUT2D eigenvalue weighted by Gasteiger charge is -2.23. The van der Waals surface area contributed by atoms with Crippen LogP contribution >= 0.6 is 0 Å². The van der Waals surface area contributed by atoms with Crippen molar-refractivity contribution in [1.82, 2.24) is 9.46 Å². The van der Waals surface area contributed by atoms with Crippen molar-refractivity contribution < 1.29 is 27.2 Å². The number of carbonyl (C=O) groups is 1. The SMILES string of the molecule is COc1ccc(C2=NS(=O)(=O)N(C)C(C(=O)Nc3cc(C)on3)=C2)cc1OC. The molecule has 3 rings (SSSR count). The van der Waals surface area contributed by atoms with Gasteiger partial charge in [-0.3, -0.25) is 4.79 Å². The molecule has 2 aromatic rings. The summed E-state index contributed by atoms with van der Waals surface area (Å²) in [5, 5.41) is 6.16. The van der Waals surface area contributed by atoms with Gasteiger partial charge in [-0.05, 0) is 31.2 Å². The molecule has 0 saturated carbocycles. The zero-order valence-electron chi connectivity index (χ0n) is 15.6. The largest absolute Gasteiger partial charge is 0.493 e. The first-order chi connectivity index (χ1) is 13.2. The highest BCUT2D eigenvalue weighted by molar-refractivity contribution is 7.88. The first kappa shape index (κ1) is 19.4. The highest BCUT2D eigenvalue weighted by atomic mass is 32.2. The Morgan fingerprint density at radius 1 is 1.18 bits per heavy atom. The summed E-state index contributed by atoms with van der Waals surface area (Å²) in [6.07, 6.45) is 1.37. The van der Waals surface area contributed by atoms with E-state index in [4.69, 9.17) is 14.0 Å². The lowest BCUT2D eigenvalue weighted by molar-refractivity contribution is -0.113. The summed E-state index contributed by atoms with van der Waals surface area (Å²) >= 11 is 0. The van der Waals surface area contributed by atoms with E-state index in [1.807, 2.05) is 0 Å². The molecule has 28 heavy (non-hydrogen) atoms. The van der Waals surface area contributed by atoms with E-state index >= 15 is 0 Å². The van der Waals surface area contributed by atoms with Crippen molar-refractivity contribution in [3.63, 3.8) is 0 Å². The molecule has 1 amide bonds. The van der Waals surface area contributed by atoms with Gasteiger partial charge in [0.25, 0.3) is 5.91 Å². The summed E-state index contributed by atoms with van der Waals surface area (Å²) in [5.41, 5.74) is 0.401. The monoisotopic (exact) mass is 406 g/mol. The third kappa shape index (κ3) is 3.69. The maximum atomic E-state index is 12.6. The molecule has 1 N–H and O–H groups in total. The van der Waals surface area contributed by atoms with Gasteiger partial charge in [0.2, 0.25) is 0 Å². The fourth-order valence-corrected chi connectivity index (χ4v) is 3.42. The second kappa shape index (κ2) is 7.35. The van der Waals surface area contributed by atoms with E-state index in [1.54, 1.807) is 25.1 Å². The number of aryl methyl sites for hydroxylation is 1. The van der Waals surface area contributed by atoms with Gasteiger partial charge in [0.05, 0.1) is 19.9 Å². The summed E-state index contributed by atoms with van der Waals surface area (Å²) < 4.78 is 44.8. The number of likely N-dealkylation sites (N-methyl/N-ethyl adjacent to an activating group) is 1. The van der Waals surface area contributed by atoms with Crippen LogP contribution in [0.4, 0.5) is 5.82 Å². The lowest BCUT2D eigenvalue weighted by Crippen LogP contribution is -2.35. The minimum Gasteiger partial charge on any atom is -0.493 e. The Balaban J connectivity index is 2.00. The van der Waals surface area contributed by atoms with Crippen molar-refractivity contribution in [1.29, 1.82) is 0 Å². The van der Waals surface area contributed by atoms with E-state index in [1.165, 1.54) is 33.4 Å². The summed E-state index contributed by atoms with van der Waals surface area (Å²) in [5.74, 6) is 0.876. The van der Waals surface area contributed by atoms with Crippen LogP contribution in [0.1, 0.15) is 11.3 Å². The molecule has 0 fully saturated rings. The van der Waals surface area contributed by atoms with Crippen LogP contribution in [0.15, 0.2) is 45.0 Å². The van der Waals surface area contributed by atoms with Crippen LogP contribution in [0.3, 0.4) is 0 Å². The Hall–Kier alpha value is -3.34. The summed E-state index contributed by atoms with van der Waals surface area (Å²) in [6, 6.07) is 6.33. The molecule has 0 spiro atoms. The number of nitrogens with zero attached hydrogens (tertiary/aromatic N) is 3. The van der Waals surface area contributed by atoms with Gasteiger partial charge in [0.1, 0.15) is 11.5 Å². The van der Waals surface area contributed by atoms with Gasteiger partial charge >= 0.3 is 10.2 Å². The molecule has 2 heterocycles. The summed E-state index contributed by atoms with van der Waals surface area (Å²) in [7, 11) is 0.0916. The third-order valence-corrected chi connectivity index (χ3v) is 5.27. The molecular weight excluding hydrogens is 388 g/mol. The molecule has 0 radical (unpaired) electrons. The number of ether oxygens (including phenoxy) is 2. The van der Waals surface area contributed by atoms with Gasteiger partial charge in [0, 0.05) is 18.7 Å². The van der Waals surface area contributed by atoms with Gasteiger partial charge in [-0.2, -0.15) is 8.42 Å². The maximum absolute atomic E-state index is 12.6. The third-order valence-electron chi connectivity index (χ3n) is 3.95. The molecule has 0 unspecified atom stereocenters. The Morgan fingerprint density at radius 3 is 2.50 bits per heavy atom. The van der Waals surface area contributed by atoms with Gasteiger partial charge in [-0.15, -0.1) is 4.40 Å². The van der Waals surface area contributed by atoms with Crippen molar-refractivity contribution in [2.75, 3.05) is 26.6 Å². The van der Waals surface area contributed by atoms with Crippen LogP contribution in [-0.2, 0) is 15.0 Å². The normalized spacial score (nSPS) is 15.5. The van der Waals surface area contributed by atoms with Gasteiger partial charge in [-0.1, -0.05) is 5.16 Å². The first-order valence-corrected chi connectivity index (χ1v) is 9.42. The number of amides is 1. The number of anilines is 1. The van der Waals surface area contributed by atoms with Gasteiger partial charge in [-0.25, -0.2) is 4.31 Å². The number of rotatable bonds is 5. The highest BCUT2D eigenvalue weighted by Crippen LogP contribution is 2.29. The molecule has 1 aromatic heterocycles. The first-order valence-electron chi connectivity index (χ1n) is 8.02. The van der Waals surface area contributed by atoms with Crippen LogP contribution in [0.2, 0.25) is 0 Å². The second-order valence-corrected chi connectivity index (χ2v) is 7.42. The van der Waals surface area contributed by atoms with E-state index in [0.717, 1.165) is 4.31 Å². The molecule has 1 aromatic carbocycles. The predicted molar refractivity (Wildman–Crippen MR) is 101 cm³/mol. The Kier molecular flexibility index (Phi) is 5.10. The number of aromatic nitrogens is 1. The molecule has 1 aliphatic heterocycles. The zero-order valence-corrected chi connectivity index (χ0v) is 16.4. The van der Waals surface area contributed by atoms with E-state index in [0.29, 0.717) is 22.8 Å². The Bertz CT molecular complexity index is 1090. The van der Waals surface area contributed by atoms with Crippen LogP contribution in [0, 0.1) is 6.92 Å². The fourth-order valence-electron chi connectivity index (χ4n) is 2.50. The average Bonchev–Trinajstić information content (AvgIpc) is 3.07. The topological polar surface area (TPSA) is 123 Å². The maximum Gasteiger partial charge on any atom is 0.345 e. The van der Waals surface area contributed by atoms with Crippen molar-refractivity contribution in [3.8, 4) is 11.5 Å². The quantitative estimate of drug-likeness (QED) is 0.798. The summed E-state index contributed by atoms with van der Waals surface area (Å²) in [4.78, 5) is 12.6. The minimum absolute atomic E-state index is 0.0838.